The van der Waals surface area contributed by atoms with E-state index in [9.17, 15) is 0 Å². The summed E-state index contributed by atoms with van der Waals surface area (Å²) in [5.74, 6) is 0. The first-order valence-corrected chi connectivity index (χ1v) is 6.39. The fourth-order valence-electron chi connectivity index (χ4n) is 1.37. The van der Waals surface area contributed by atoms with Crippen molar-refractivity contribution in [3.63, 3.8) is 0 Å². The molecule has 0 aliphatic carbocycles. The van der Waals surface area contributed by atoms with Gasteiger partial charge in [-0.1, -0.05) is 0 Å². The van der Waals surface area contributed by atoms with Crippen LogP contribution in [-0.4, -0.2) is 44.2 Å². The molecule has 0 bridgehead atoms. The van der Waals surface area contributed by atoms with Crippen LogP contribution in [0.4, 0.5) is 0 Å². The van der Waals surface area contributed by atoms with Gasteiger partial charge in [0, 0.05) is 13.2 Å². The highest BCUT2D eigenvalue weighted by Crippen LogP contribution is 2.17. The molecule has 0 spiro atoms. The lowest BCUT2D eigenvalue weighted by Gasteiger charge is -2.29. The van der Waals surface area contributed by atoms with E-state index in [0.717, 1.165) is 13.0 Å². The maximum Gasteiger partial charge on any atom is 0.0858 e. The maximum absolute atomic E-state index is 5.81. The summed E-state index contributed by atoms with van der Waals surface area (Å²) in [5, 5.41) is 0. The molecule has 2 N–H and O–H groups in total. The number of hydrogen-bond donors (Lipinski definition) is 1. The van der Waals surface area contributed by atoms with Crippen LogP contribution < -0.4 is 5.73 Å². The van der Waals surface area contributed by atoms with Crippen LogP contribution >= 0.6 is 0 Å². The van der Waals surface area contributed by atoms with Crippen LogP contribution in [0.5, 0.6) is 0 Å². The third kappa shape index (κ3) is 9.53. The van der Waals surface area contributed by atoms with Crippen molar-refractivity contribution in [1.29, 1.82) is 0 Å². The molecule has 0 aromatic carbocycles. The maximum atomic E-state index is 5.81. The van der Waals surface area contributed by atoms with Crippen LogP contribution in [0.2, 0.25) is 0 Å². The van der Waals surface area contributed by atoms with Gasteiger partial charge in [0.15, 0.2) is 0 Å². The molecule has 0 rings (SSSR count). The molecule has 0 radical (unpaired) electrons. The highest BCUT2D eigenvalue weighted by atomic mass is 16.5. The zero-order valence-electron chi connectivity index (χ0n) is 12.0. The van der Waals surface area contributed by atoms with E-state index >= 15 is 0 Å². The summed E-state index contributed by atoms with van der Waals surface area (Å²) in [4.78, 5) is 0. The van der Waals surface area contributed by atoms with Crippen LogP contribution in [0.15, 0.2) is 0 Å². The lowest BCUT2D eigenvalue weighted by atomic mass is 10.1. The minimum atomic E-state index is -0.236. The topological polar surface area (TPSA) is 53.7 Å². The van der Waals surface area contributed by atoms with Crippen molar-refractivity contribution in [3.8, 4) is 0 Å². The van der Waals surface area contributed by atoms with Crippen LogP contribution in [0.3, 0.4) is 0 Å². The van der Waals surface area contributed by atoms with E-state index in [1.807, 2.05) is 20.8 Å². The smallest absolute Gasteiger partial charge is 0.0858 e. The first-order chi connectivity index (χ1) is 7.83. The van der Waals surface area contributed by atoms with Crippen LogP contribution in [-0.2, 0) is 14.2 Å². The van der Waals surface area contributed by atoms with Gasteiger partial charge in [0.05, 0.1) is 31.0 Å². The molecular formula is C13H29NO3. The summed E-state index contributed by atoms with van der Waals surface area (Å²) in [5.41, 5.74) is 5.00. The number of ether oxygens (including phenoxy) is 3. The monoisotopic (exact) mass is 247 g/mol. The molecule has 0 saturated heterocycles. The van der Waals surface area contributed by atoms with Crippen molar-refractivity contribution < 1.29 is 14.2 Å². The SMILES string of the molecule is CCOCC(C)(C)OCCC(C)(C)OCCN. The molecule has 0 saturated carbocycles. The summed E-state index contributed by atoms with van der Waals surface area (Å²) < 4.78 is 16.8. The quantitative estimate of drug-likeness (QED) is 0.641. The summed E-state index contributed by atoms with van der Waals surface area (Å²) >= 11 is 0. The minimum absolute atomic E-state index is 0.180. The fourth-order valence-corrected chi connectivity index (χ4v) is 1.37. The third-order valence-corrected chi connectivity index (χ3v) is 2.46. The summed E-state index contributed by atoms with van der Waals surface area (Å²) in [7, 11) is 0. The zero-order chi connectivity index (χ0) is 13.4. The summed E-state index contributed by atoms with van der Waals surface area (Å²) in [6, 6.07) is 0. The Balaban J connectivity index is 3.80. The Morgan fingerprint density at radius 1 is 0.941 bits per heavy atom. The predicted molar refractivity (Wildman–Crippen MR) is 70.2 cm³/mol. The second-order valence-electron chi connectivity index (χ2n) is 5.39. The van der Waals surface area contributed by atoms with Crippen molar-refractivity contribution in [2.24, 2.45) is 5.73 Å². The standard InChI is InChI=1S/C13H29NO3/c1-6-15-11-13(4,5)16-9-7-12(2,3)17-10-8-14/h6-11,14H2,1-5H3. The highest BCUT2D eigenvalue weighted by Gasteiger charge is 2.22. The molecule has 0 heterocycles. The van der Waals surface area contributed by atoms with E-state index in [1.165, 1.54) is 0 Å². The van der Waals surface area contributed by atoms with E-state index < -0.39 is 0 Å². The zero-order valence-corrected chi connectivity index (χ0v) is 12.0. The molecule has 0 fully saturated rings. The average molecular weight is 247 g/mol. The summed E-state index contributed by atoms with van der Waals surface area (Å²) in [6.07, 6.45) is 0.850. The Labute approximate surface area is 106 Å². The second kappa shape index (κ2) is 8.03. The minimum Gasteiger partial charge on any atom is -0.379 e. The van der Waals surface area contributed by atoms with Gasteiger partial charge in [-0.05, 0) is 41.0 Å². The predicted octanol–water partition coefficient (Wildman–Crippen LogP) is 1.96. The molecule has 104 valence electrons. The molecule has 0 aromatic rings. The molecule has 4 heteroatoms. The normalized spacial score (nSPS) is 13.1. The van der Waals surface area contributed by atoms with Crippen LogP contribution in [0, 0.1) is 0 Å². The molecule has 17 heavy (non-hydrogen) atoms. The van der Waals surface area contributed by atoms with Gasteiger partial charge < -0.3 is 19.9 Å². The first kappa shape index (κ1) is 16.8. The van der Waals surface area contributed by atoms with Crippen molar-refractivity contribution in [1.82, 2.24) is 0 Å². The van der Waals surface area contributed by atoms with Gasteiger partial charge in [-0.3, -0.25) is 0 Å². The van der Waals surface area contributed by atoms with E-state index in [0.29, 0.717) is 26.4 Å². The van der Waals surface area contributed by atoms with Gasteiger partial charge >= 0.3 is 0 Å². The van der Waals surface area contributed by atoms with Crippen molar-refractivity contribution in [2.45, 2.75) is 52.2 Å². The van der Waals surface area contributed by atoms with Gasteiger partial charge in [-0.2, -0.15) is 0 Å². The molecule has 0 atom stereocenters. The van der Waals surface area contributed by atoms with Crippen LogP contribution in [0.1, 0.15) is 41.0 Å². The van der Waals surface area contributed by atoms with Gasteiger partial charge in [0.1, 0.15) is 0 Å². The Kier molecular flexibility index (Phi) is 7.96. The van der Waals surface area contributed by atoms with E-state index in [1.54, 1.807) is 0 Å². The Morgan fingerprint density at radius 2 is 1.53 bits per heavy atom. The lowest BCUT2D eigenvalue weighted by Crippen LogP contribution is -2.34. The second-order valence-corrected chi connectivity index (χ2v) is 5.39. The van der Waals surface area contributed by atoms with Gasteiger partial charge in [-0.15, -0.1) is 0 Å². The Morgan fingerprint density at radius 3 is 2.06 bits per heavy atom. The number of hydrogen-bond acceptors (Lipinski definition) is 4. The average Bonchev–Trinajstić information content (AvgIpc) is 2.23. The van der Waals surface area contributed by atoms with Crippen molar-refractivity contribution in [2.75, 3.05) is 33.0 Å². The fraction of sp³-hybridized carbons (Fsp3) is 1.00. The largest absolute Gasteiger partial charge is 0.379 e. The van der Waals surface area contributed by atoms with E-state index in [4.69, 9.17) is 19.9 Å². The summed E-state index contributed by atoms with van der Waals surface area (Å²) in [6.45, 7) is 13.3. The van der Waals surface area contributed by atoms with Crippen LogP contribution in [0.25, 0.3) is 0 Å². The van der Waals surface area contributed by atoms with E-state index in [-0.39, 0.29) is 11.2 Å². The molecule has 0 aliphatic rings. The lowest BCUT2D eigenvalue weighted by molar-refractivity contribution is -0.0972. The van der Waals surface area contributed by atoms with Gasteiger partial charge in [0.2, 0.25) is 0 Å². The number of rotatable bonds is 10. The van der Waals surface area contributed by atoms with Gasteiger partial charge in [-0.25, -0.2) is 0 Å². The third-order valence-electron chi connectivity index (χ3n) is 2.46. The molecule has 4 nitrogen and oxygen atoms in total. The Hall–Kier alpha value is -0.160. The van der Waals surface area contributed by atoms with Gasteiger partial charge in [0.25, 0.3) is 0 Å². The molecule has 0 aromatic heterocycles. The number of nitrogens with two attached hydrogens (primary N) is 1. The molecular weight excluding hydrogens is 218 g/mol. The van der Waals surface area contributed by atoms with Crippen molar-refractivity contribution >= 4 is 0 Å². The first-order valence-electron chi connectivity index (χ1n) is 6.39. The van der Waals surface area contributed by atoms with Crippen molar-refractivity contribution in [3.05, 3.63) is 0 Å². The molecule has 0 amide bonds. The molecule has 0 aliphatic heterocycles. The molecule has 0 unspecified atom stereocenters. The van der Waals surface area contributed by atoms with E-state index in [2.05, 4.69) is 13.8 Å². The highest BCUT2D eigenvalue weighted by molar-refractivity contribution is 4.72. The Bertz CT molecular complexity index is 173.